The minimum Gasteiger partial charge on any atom is -0.349 e. The first-order valence-corrected chi connectivity index (χ1v) is 9.20. The Morgan fingerprint density at radius 2 is 1.92 bits per heavy atom. The third kappa shape index (κ3) is 3.93. The fourth-order valence-electron chi connectivity index (χ4n) is 3.64. The Morgan fingerprint density at radius 1 is 1.24 bits per heavy atom. The van der Waals surface area contributed by atoms with Crippen LogP contribution in [0.2, 0.25) is 0 Å². The number of nitrogens with one attached hydrogen (secondary N) is 2. The minimum atomic E-state index is -0.0722. The van der Waals surface area contributed by atoms with Gasteiger partial charge in [-0.25, -0.2) is 0 Å². The van der Waals surface area contributed by atoms with Crippen molar-refractivity contribution in [2.75, 3.05) is 19.6 Å². The minimum absolute atomic E-state index is 0.0722. The van der Waals surface area contributed by atoms with E-state index in [1.54, 1.807) is 0 Å². The van der Waals surface area contributed by atoms with Crippen LogP contribution in [0, 0.1) is 12.8 Å². The zero-order valence-electron chi connectivity index (χ0n) is 15.4. The molecule has 5 nitrogen and oxygen atoms in total. The van der Waals surface area contributed by atoms with E-state index in [9.17, 15) is 4.79 Å². The Hall–Kier alpha value is -2.14. The first kappa shape index (κ1) is 17.7. The number of hydrogen-bond donors (Lipinski definition) is 2. The standard InChI is InChI=1S/C20H28N4O/c1-14(2)17(24-11-7-8-12-24)13-21-20(25)19-15(3)18(22-23-19)16-9-5-4-6-10-16/h4-6,9-10,14,17H,7-8,11-13H2,1-3H3,(H,21,25)(H,22,23)/t17-/m0/s1. The quantitative estimate of drug-likeness (QED) is 0.849. The van der Waals surface area contributed by atoms with Crippen molar-refractivity contribution in [2.24, 2.45) is 5.92 Å². The van der Waals surface area contributed by atoms with Crippen LogP contribution in [0.5, 0.6) is 0 Å². The molecule has 2 heterocycles. The van der Waals surface area contributed by atoms with E-state index in [0.29, 0.717) is 24.2 Å². The van der Waals surface area contributed by atoms with E-state index in [2.05, 4.69) is 34.3 Å². The highest BCUT2D eigenvalue weighted by Crippen LogP contribution is 2.23. The number of aromatic nitrogens is 2. The van der Waals surface area contributed by atoms with Crippen LogP contribution < -0.4 is 5.32 Å². The van der Waals surface area contributed by atoms with Gasteiger partial charge in [-0.2, -0.15) is 5.10 Å². The molecule has 3 rings (SSSR count). The van der Waals surface area contributed by atoms with Gasteiger partial charge < -0.3 is 5.32 Å². The van der Waals surface area contributed by atoms with E-state index in [0.717, 1.165) is 29.9 Å². The summed E-state index contributed by atoms with van der Waals surface area (Å²) in [6, 6.07) is 10.3. The molecule has 1 aliphatic heterocycles. The second-order valence-electron chi connectivity index (χ2n) is 7.20. The fraction of sp³-hybridized carbons (Fsp3) is 0.500. The molecule has 1 aromatic carbocycles. The molecule has 134 valence electrons. The van der Waals surface area contributed by atoms with Gasteiger partial charge in [0.1, 0.15) is 5.69 Å². The van der Waals surface area contributed by atoms with Gasteiger partial charge in [-0.3, -0.25) is 14.8 Å². The van der Waals surface area contributed by atoms with Crippen molar-refractivity contribution in [1.82, 2.24) is 20.4 Å². The summed E-state index contributed by atoms with van der Waals surface area (Å²) in [6.07, 6.45) is 2.52. The van der Waals surface area contributed by atoms with E-state index in [1.807, 2.05) is 37.3 Å². The molecule has 0 aliphatic carbocycles. The third-order valence-electron chi connectivity index (χ3n) is 5.13. The maximum Gasteiger partial charge on any atom is 0.269 e. The van der Waals surface area contributed by atoms with Gasteiger partial charge in [-0.15, -0.1) is 0 Å². The van der Waals surface area contributed by atoms with Gasteiger partial charge in [-0.1, -0.05) is 44.2 Å². The number of benzene rings is 1. The monoisotopic (exact) mass is 340 g/mol. The summed E-state index contributed by atoms with van der Waals surface area (Å²) < 4.78 is 0. The topological polar surface area (TPSA) is 61.0 Å². The Labute approximate surface area is 149 Å². The maximum atomic E-state index is 12.7. The second-order valence-corrected chi connectivity index (χ2v) is 7.20. The maximum absolute atomic E-state index is 12.7. The van der Waals surface area contributed by atoms with E-state index < -0.39 is 0 Å². The summed E-state index contributed by atoms with van der Waals surface area (Å²) in [5.74, 6) is 0.443. The number of amides is 1. The second kappa shape index (κ2) is 7.83. The zero-order chi connectivity index (χ0) is 17.8. The molecule has 0 unspecified atom stereocenters. The van der Waals surface area contributed by atoms with E-state index in [4.69, 9.17) is 0 Å². The van der Waals surface area contributed by atoms with E-state index >= 15 is 0 Å². The number of rotatable bonds is 6. The molecular formula is C20H28N4O. The molecule has 1 aromatic heterocycles. The predicted molar refractivity (Wildman–Crippen MR) is 101 cm³/mol. The molecule has 1 fully saturated rings. The number of likely N-dealkylation sites (tertiary alicyclic amines) is 1. The van der Waals surface area contributed by atoms with Crippen molar-refractivity contribution < 1.29 is 4.79 Å². The van der Waals surface area contributed by atoms with Gasteiger partial charge in [0.05, 0.1) is 5.69 Å². The van der Waals surface area contributed by atoms with Crippen LogP contribution in [0.3, 0.4) is 0 Å². The van der Waals surface area contributed by atoms with E-state index in [1.165, 1.54) is 12.8 Å². The van der Waals surface area contributed by atoms with Gasteiger partial charge in [0.2, 0.25) is 0 Å². The lowest BCUT2D eigenvalue weighted by molar-refractivity contribution is 0.0921. The van der Waals surface area contributed by atoms with Gasteiger partial charge >= 0.3 is 0 Å². The van der Waals surface area contributed by atoms with E-state index in [-0.39, 0.29) is 5.91 Å². The number of nitrogens with zero attached hydrogens (tertiary/aromatic N) is 2. The van der Waals surface area contributed by atoms with Crippen molar-refractivity contribution in [3.8, 4) is 11.3 Å². The number of aromatic amines is 1. The molecule has 5 heteroatoms. The Bertz CT molecular complexity index is 702. The summed E-state index contributed by atoms with van der Waals surface area (Å²) in [5.41, 5.74) is 3.31. The summed E-state index contributed by atoms with van der Waals surface area (Å²) >= 11 is 0. The molecule has 1 atom stereocenters. The average molecular weight is 340 g/mol. The van der Waals surface area contributed by atoms with Crippen molar-refractivity contribution in [2.45, 2.75) is 39.7 Å². The summed E-state index contributed by atoms with van der Waals surface area (Å²) in [4.78, 5) is 15.2. The van der Waals surface area contributed by atoms with Gasteiger partial charge in [0.15, 0.2) is 0 Å². The first-order chi connectivity index (χ1) is 12.1. The zero-order valence-corrected chi connectivity index (χ0v) is 15.4. The summed E-state index contributed by atoms with van der Waals surface area (Å²) in [6.45, 7) is 9.35. The Morgan fingerprint density at radius 3 is 2.56 bits per heavy atom. The normalized spacial score (nSPS) is 16.3. The highest BCUT2D eigenvalue weighted by atomic mass is 16.1. The number of carbonyl (C=O) groups is 1. The van der Waals surface area contributed by atoms with Crippen LogP contribution in [0.4, 0.5) is 0 Å². The largest absolute Gasteiger partial charge is 0.349 e. The number of hydrogen-bond acceptors (Lipinski definition) is 3. The SMILES string of the molecule is Cc1c(-c2ccccc2)n[nH]c1C(=O)NC[C@@H](C(C)C)N1CCCC1. The van der Waals surface area contributed by atoms with Crippen LogP contribution in [-0.4, -0.2) is 46.7 Å². The molecule has 1 amide bonds. The third-order valence-corrected chi connectivity index (χ3v) is 5.13. The Balaban J connectivity index is 1.68. The molecule has 0 spiro atoms. The smallest absolute Gasteiger partial charge is 0.269 e. The molecule has 2 aromatic rings. The highest BCUT2D eigenvalue weighted by molar-refractivity contribution is 5.95. The number of H-pyrrole nitrogens is 1. The van der Waals surface area contributed by atoms with Crippen molar-refractivity contribution >= 4 is 5.91 Å². The predicted octanol–water partition coefficient (Wildman–Crippen LogP) is 3.24. The molecular weight excluding hydrogens is 312 g/mol. The molecule has 0 bridgehead atoms. The fourth-order valence-corrected chi connectivity index (χ4v) is 3.64. The van der Waals surface area contributed by atoms with Gasteiger partial charge in [0.25, 0.3) is 5.91 Å². The van der Waals surface area contributed by atoms with Crippen LogP contribution in [0.1, 0.15) is 42.7 Å². The van der Waals surface area contributed by atoms with Crippen molar-refractivity contribution in [1.29, 1.82) is 0 Å². The highest BCUT2D eigenvalue weighted by Gasteiger charge is 2.25. The van der Waals surface area contributed by atoms with Crippen molar-refractivity contribution in [3.05, 3.63) is 41.6 Å². The summed E-state index contributed by atoms with van der Waals surface area (Å²) in [5, 5.41) is 10.4. The molecule has 25 heavy (non-hydrogen) atoms. The Kier molecular flexibility index (Phi) is 5.53. The van der Waals surface area contributed by atoms with Crippen LogP contribution in [0.25, 0.3) is 11.3 Å². The molecule has 1 saturated heterocycles. The lowest BCUT2D eigenvalue weighted by atomic mass is 10.0. The molecule has 2 N–H and O–H groups in total. The summed E-state index contributed by atoms with van der Waals surface area (Å²) in [7, 11) is 0. The number of carbonyl (C=O) groups excluding carboxylic acids is 1. The molecule has 1 aliphatic rings. The lowest BCUT2D eigenvalue weighted by Crippen LogP contribution is -2.45. The van der Waals surface area contributed by atoms with Crippen LogP contribution >= 0.6 is 0 Å². The lowest BCUT2D eigenvalue weighted by Gasteiger charge is -2.30. The van der Waals surface area contributed by atoms with Crippen molar-refractivity contribution in [3.63, 3.8) is 0 Å². The molecule has 0 saturated carbocycles. The molecule has 0 radical (unpaired) electrons. The van der Waals surface area contributed by atoms with Crippen LogP contribution in [-0.2, 0) is 0 Å². The first-order valence-electron chi connectivity index (χ1n) is 9.20. The van der Waals surface area contributed by atoms with Gasteiger partial charge in [0, 0.05) is 23.7 Å². The van der Waals surface area contributed by atoms with Gasteiger partial charge in [-0.05, 0) is 38.8 Å². The average Bonchev–Trinajstić information content (AvgIpc) is 3.25. The van der Waals surface area contributed by atoms with Crippen LogP contribution in [0.15, 0.2) is 30.3 Å².